The molecule has 0 spiro atoms. The molecule has 2 aromatic carbocycles. The van der Waals surface area contributed by atoms with E-state index in [0.29, 0.717) is 12.5 Å². The van der Waals surface area contributed by atoms with Crippen molar-refractivity contribution in [1.82, 2.24) is 0 Å². The van der Waals surface area contributed by atoms with E-state index in [1.54, 1.807) is 12.0 Å². The normalized spacial score (nSPS) is 14.2. The fourth-order valence-corrected chi connectivity index (χ4v) is 3.24. The molecule has 0 saturated heterocycles. The van der Waals surface area contributed by atoms with Gasteiger partial charge in [0.1, 0.15) is 11.4 Å². The fraction of sp³-hybridized carbons (Fsp3) is 0.417. The van der Waals surface area contributed by atoms with Crippen molar-refractivity contribution in [2.45, 2.75) is 58.7 Å². The van der Waals surface area contributed by atoms with Crippen molar-refractivity contribution in [2.24, 2.45) is 10.7 Å². The SMILES string of the molecule is COc1cccc(NC(N)=NCc2ccc(N(C(=O)OC(C)(C)C)C3CC3)c(C)c2)c1. The second kappa shape index (κ2) is 9.29. The molecular formula is C24H32N4O3. The van der Waals surface area contributed by atoms with Crippen molar-refractivity contribution >= 4 is 23.4 Å². The number of nitrogens with one attached hydrogen (secondary N) is 1. The van der Waals surface area contributed by atoms with E-state index in [1.807, 2.05) is 70.2 Å². The maximum Gasteiger partial charge on any atom is 0.415 e. The largest absolute Gasteiger partial charge is 0.497 e. The average molecular weight is 425 g/mol. The van der Waals surface area contributed by atoms with Crippen LogP contribution >= 0.6 is 0 Å². The Morgan fingerprint density at radius 1 is 1.23 bits per heavy atom. The lowest BCUT2D eigenvalue weighted by molar-refractivity contribution is 0.0577. The summed E-state index contributed by atoms with van der Waals surface area (Å²) in [6.07, 6.45) is 1.70. The number of ether oxygens (including phenoxy) is 2. The Balaban J connectivity index is 1.69. The van der Waals surface area contributed by atoms with Crippen LogP contribution in [0.15, 0.2) is 47.5 Å². The van der Waals surface area contributed by atoms with Crippen LogP contribution in [0.4, 0.5) is 16.2 Å². The number of nitrogens with two attached hydrogens (primary N) is 1. The molecule has 1 fully saturated rings. The van der Waals surface area contributed by atoms with Gasteiger partial charge < -0.3 is 20.5 Å². The zero-order valence-corrected chi connectivity index (χ0v) is 18.9. The molecule has 0 bridgehead atoms. The quantitative estimate of drug-likeness (QED) is 0.512. The number of hydrogen-bond acceptors (Lipinski definition) is 4. The molecule has 7 heteroatoms. The molecule has 166 valence electrons. The van der Waals surface area contributed by atoms with E-state index in [4.69, 9.17) is 15.2 Å². The molecule has 1 aliphatic carbocycles. The van der Waals surface area contributed by atoms with E-state index in [1.165, 1.54) is 0 Å². The van der Waals surface area contributed by atoms with Crippen LogP contribution in [-0.2, 0) is 11.3 Å². The van der Waals surface area contributed by atoms with Gasteiger partial charge in [-0.25, -0.2) is 9.79 Å². The van der Waals surface area contributed by atoms with E-state index >= 15 is 0 Å². The molecule has 2 aromatic rings. The van der Waals surface area contributed by atoms with Crippen molar-refractivity contribution in [3.05, 3.63) is 53.6 Å². The van der Waals surface area contributed by atoms with Crippen LogP contribution in [-0.4, -0.2) is 30.8 Å². The highest BCUT2D eigenvalue weighted by Gasteiger charge is 2.37. The van der Waals surface area contributed by atoms with E-state index in [0.717, 1.165) is 41.1 Å². The summed E-state index contributed by atoms with van der Waals surface area (Å²) in [6.45, 7) is 8.08. The summed E-state index contributed by atoms with van der Waals surface area (Å²) in [4.78, 5) is 19.0. The van der Waals surface area contributed by atoms with Gasteiger partial charge in [0.05, 0.1) is 19.3 Å². The topological polar surface area (TPSA) is 89.2 Å². The highest BCUT2D eigenvalue weighted by atomic mass is 16.6. The predicted octanol–water partition coefficient (Wildman–Crippen LogP) is 4.83. The fourth-order valence-electron chi connectivity index (χ4n) is 3.24. The van der Waals surface area contributed by atoms with Crippen LogP contribution in [0.5, 0.6) is 5.75 Å². The zero-order chi connectivity index (χ0) is 22.6. The number of methoxy groups -OCH3 is 1. The minimum absolute atomic E-state index is 0.208. The van der Waals surface area contributed by atoms with Gasteiger partial charge in [-0.2, -0.15) is 0 Å². The van der Waals surface area contributed by atoms with Crippen molar-refractivity contribution in [3.8, 4) is 5.75 Å². The molecule has 31 heavy (non-hydrogen) atoms. The summed E-state index contributed by atoms with van der Waals surface area (Å²) in [5.74, 6) is 1.07. The maximum atomic E-state index is 12.8. The first-order valence-electron chi connectivity index (χ1n) is 10.5. The molecule has 0 atom stereocenters. The zero-order valence-electron chi connectivity index (χ0n) is 18.9. The van der Waals surface area contributed by atoms with Crippen LogP contribution in [0.2, 0.25) is 0 Å². The summed E-state index contributed by atoms with van der Waals surface area (Å²) < 4.78 is 10.8. The van der Waals surface area contributed by atoms with E-state index in [2.05, 4.69) is 10.3 Å². The van der Waals surface area contributed by atoms with Crippen LogP contribution in [0, 0.1) is 6.92 Å². The maximum absolute atomic E-state index is 12.8. The summed E-state index contributed by atoms with van der Waals surface area (Å²) in [5.41, 5.74) is 9.22. The van der Waals surface area contributed by atoms with Crippen molar-refractivity contribution in [3.63, 3.8) is 0 Å². The lowest BCUT2D eigenvalue weighted by Crippen LogP contribution is -2.38. The number of aliphatic imine (C=N–C) groups is 1. The molecule has 0 radical (unpaired) electrons. The number of hydrogen-bond donors (Lipinski definition) is 2. The van der Waals surface area contributed by atoms with Gasteiger partial charge in [0.25, 0.3) is 0 Å². The Bertz CT molecular complexity index is 962. The van der Waals surface area contributed by atoms with Crippen LogP contribution in [0.3, 0.4) is 0 Å². The smallest absolute Gasteiger partial charge is 0.415 e. The van der Waals surface area contributed by atoms with Crippen LogP contribution in [0.25, 0.3) is 0 Å². The van der Waals surface area contributed by atoms with Gasteiger partial charge in [-0.1, -0.05) is 18.2 Å². The van der Waals surface area contributed by atoms with Gasteiger partial charge in [0.2, 0.25) is 0 Å². The van der Waals surface area contributed by atoms with E-state index < -0.39 is 5.60 Å². The summed E-state index contributed by atoms with van der Waals surface area (Å²) in [6, 6.07) is 13.7. The average Bonchev–Trinajstić information content (AvgIpc) is 3.52. The first-order valence-corrected chi connectivity index (χ1v) is 10.5. The molecule has 1 amide bonds. The number of nitrogens with zero attached hydrogens (tertiary/aromatic N) is 2. The Hall–Kier alpha value is -3.22. The van der Waals surface area contributed by atoms with Crippen molar-refractivity contribution < 1.29 is 14.3 Å². The number of amides is 1. The predicted molar refractivity (Wildman–Crippen MR) is 125 cm³/mol. The minimum atomic E-state index is -0.528. The monoisotopic (exact) mass is 424 g/mol. The van der Waals surface area contributed by atoms with Gasteiger partial charge in [-0.05, 0) is 69.9 Å². The lowest BCUT2D eigenvalue weighted by atomic mass is 10.1. The van der Waals surface area contributed by atoms with Gasteiger partial charge in [0, 0.05) is 17.8 Å². The minimum Gasteiger partial charge on any atom is -0.497 e. The van der Waals surface area contributed by atoms with E-state index in [9.17, 15) is 4.79 Å². The molecular weight excluding hydrogens is 392 g/mol. The first-order chi connectivity index (χ1) is 14.7. The number of carbonyl (C=O) groups excluding carboxylic acids is 1. The number of aryl methyl sites for hydroxylation is 1. The third-order valence-electron chi connectivity index (χ3n) is 4.80. The van der Waals surface area contributed by atoms with Crippen molar-refractivity contribution in [2.75, 3.05) is 17.3 Å². The van der Waals surface area contributed by atoms with Gasteiger partial charge in [-0.3, -0.25) is 4.90 Å². The summed E-state index contributed by atoms with van der Waals surface area (Å²) >= 11 is 0. The van der Waals surface area contributed by atoms with Gasteiger partial charge >= 0.3 is 6.09 Å². The molecule has 7 nitrogen and oxygen atoms in total. The highest BCUT2D eigenvalue weighted by Crippen LogP contribution is 2.35. The Morgan fingerprint density at radius 2 is 1.97 bits per heavy atom. The van der Waals surface area contributed by atoms with Crippen LogP contribution in [0.1, 0.15) is 44.7 Å². The number of carbonyl (C=O) groups is 1. The second-order valence-electron chi connectivity index (χ2n) is 8.76. The van der Waals surface area contributed by atoms with Gasteiger partial charge in [0.15, 0.2) is 5.96 Å². The third-order valence-corrected chi connectivity index (χ3v) is 4.80. The number of rotatable bonds is 6. The standard InChI is InChI=1S/C24H32N4O3/c1-16-13-17(15-26-22(25)27-18-7-6-8-20(14-18)30-5)9-12-21(16)28(19-10-11-19)23(29)31-24(2,3)4/h6-9,12-14,19H,10-11,15H2,1-5H3,(H3,25,26,27). The number of anilines is 2. The highest BCUT2D eigenvalue weighted by molar-refractivity contribution is 5.92. The molecule has 1 aliphatic rings. The Morgan fingerprint density at radius 3 is 2.58 bits per heavy atom. The van der Waals surface area contributed by atoms with Crippen LogP contribution < -0.4 is 20.7 Å². The molecule has 0 heterocycles. The summed E-state index contributed by atoms with van der Waals surface area (Å²) in [7, 11) is 1.62. The molecule has 0 unspecified atom stereocenters. The second-order valence-corrected chi connectivity index (χ2v) is 8.76. The van der Waals surface area contributed by atoms with Crippen molar-refractivity contribution in [1.29, 1.82) is 0 Å². The van der Waals surface area contributed by atoms with Gasteiger partial charge in [-0.15, -0.1) is 0 Å². The molecule has 1 saturated carbocycles. The Labute approximate surface area is 184 Å². The molecule has 0 aromatic heterocycles. The number of benzene rings is 2. The molecule has 0 aliphatic heterocycles. The molecule has 3 rings (SSSR count). The molecule has 3 N–H and O–H groups in total. The van der Waals surface area contributed by atoms with E-state index in [-0.39, 0.29) is 12.1 Å². The lowest BCUT2D eigenvalue weighted by Gasteiger charge is -2.28. The first kappa shape index (κ1) is 22.5. The summed E-state index contributed by atoms with van der Waals surface area (Å²) in [5, 5.41) is 3.07. The number of guanidine groups is 1. The Kier molecular flexibility index (Phi) is 6.73. The third kappa shape index (κ3) is 6.38.